The fourth-order valence-electron chi connectivity index (χ4n) is 1.50. The fourth-order valence-corrected chi connectivity index (χ4v) is 2.31. The van der Waals surface area contributed by atoms with Gasteiger partial charge in [0.25, 0.3) is 0 Å². The molecule has 0 saturated heterocycles. The Balaban J connectivity index is 2.57. The van der Waals surface area contributed by atoms with Gasteiger partial charge in [0.15, 0.2) is 0 Å². The second-order valence-electron chi connectivity index (χ2n) is 4.08. The molecule has 0 spiro atoms. The topological polar surface area (TPSA) is 35.2 Å². The maximum Gasteiger partial charge on any atom is 0.441 e. The van der Waals surface area contributed by atoms with Gasteiger partial charge in [0.2, 0.25) is 0 Å². The van der Waals surface area contributed by atoms with Gasteiger partial charge in [-0.1, -0.05) is 15.9 Å². The minimum Gasteiger partial charge on any atom is -0.492 e. The predicted molar refractivity (Wildman–Crippen MR) is 75.5 cm³/mol. The zero-order chi connectivity index (χ0) is 14.5. The summed E-state index contributed by atoms with van der Waals surface area (Å²) in [6.45, 7) is 1.88. The molecule has 108 valence electrons. The van der Waals surface area contributed by atoms with E-state index < -0.39 is 5.51 Å². The van der Waals surface area contributed by atoms with Crippen LogP contribution in [0.5, 0.6) is 5.75 Å². The third-order valence-electron chi connectivity index (χ3n) is 2.17. The number of thioether (sulfide) groups is 1. The summed E-state index contributed by atoms with van der Waals surface area (Å²) in [6.07, 6.45) is 0.612. The summed E-state index contributed by atoms with van der Waals surface area (Å²) in [6, 6.07) is 5.35. The highest BCUT2D eigenvalue weighted by molar-refractivity contribution is 9.10. The molecular weight excluding hydrogens is 343 g/mol. The van der Waals surface area contributed by atoms with Crippen LogP contribution < -0.4 is 10.5 Å². The van der Waals surface area contributed by atoms with Crippen LogP contribution in [0.25, 0.3) is 0 Å². The van der Waals surface area contributed by atoms with Gasteiger partial charge in [-0.05, 0) is 48.9 Å². The van der Waals surface area contributed by atoms with E-state index in [1.165, 1.54) is 0 Å². The number of benzene rings is 1. The van der Waals surface area contributed by atoms with E-state index in [4.69, 9.17) is 10.5 Å². The minimum absolute atomic E-state index is 0.0117. The first-order chi connectivity index (χ1) is 8.78. The van der Waals surface area contributed by atoms with Crippen molar-refractivity contribution in [1.82, 2.24) is 0 Å². The SMILES string of the molecule is CC(N)Cc1cc(Br)ccc1OCCSC(F)(F)F. The highest BCUT2D eigenvalue weighted by Gasteiger charge is 2.27. The van der Waals surface area contributed by atoms with Crippen LogP contribution in [-0.4, -0.2) is 23.9 Å². The summed E-state index contributed by atoms with van der Waals surface area (Å²) in [4.78, 5) is 0. The number of nitrogens with two attached hydrogens (primary N) is 1. The van der Waals surface area contributed by atoms with Crippen LogP contribution in [0.15, 0.2) is 22.7 Å². The van der Waals surface area contributed by atoms with E-state index in [0.29, 0.717) is 12.2 Å². The molecule has 0 radical (unpaired) electrons. The number of ether oxygens (including phenoxy) is 1. The highest BCUT2D eigenvalue weighted by Crippen LogP contribution is 2.30. The van der Waals surface area contributed by atoms with Crippen molar-refractivity contribution in [2.24, 2.45) is 5.73 Å². The minimum atomic E-state index is -4.21. The first-order valence-electron chi connectivity index (χ1n) is 5.65. The zero-order valence-corrected chi connectivity index (χ0v) is 12.7. The van der Waals surface area contributed by atoms with Crippen LogP contribution in [0.1, 0.15) is 12.5 Å². The van der Waals surface area contributed by atoms with Crippen LogP contribution in [-0.2, 0) is 6.42 Å². The lowest BCUT2D eigenvalue weighted by Crippen LogP contribution is -2.18. The summed E-state index contributed by atoms with van der Waals surface area (Å²) >= 11 is 3.26. The molecule has 0 aliphatic heterocycles. The molecule has 2 nitrogen and oxygen atoms in total. The molecule has 1 aromatic rings. The van der Waals surface area contributed by atoms with Gasteiger partial charge in [0.1, 0.15) is 5.75 Å². The molecule has 2 N–H and O–H groups in total. The molecule has 1 unspecified atom stereocenters. The lowest BCUT2D eigenvalue weighted by atomic mass is 10.1. The maximum atomic E-state index is 12.0. The molecule has 0 saturated carbocycles. The van der Waals surface area contributed by atoms with Gasteiger partial charge in [-0.25, -0.2) is 0 Å². The molecule has 19 heavy (non-hydrogen) atoms. The van der Waals surface area contributed by atoms with Crippen LogP contribution in [0.2, 0.25) is 0 Å². The molecule has 0 fully saturated rings. The van der Waals surface area contributed by atoms with Crippen molar-refractivity contribution in [2.45, 2.75) is 24.9 Å². The van der Waals surface area contributed by atoms with Crippen molar-refractivity contribution < 1.29 is 17.9 Å². The molecule has 0 heterocycles. The zero-order valence-electron chi connectivity index (χ0n) is 10.3. The van der Waals surface area contributed by atoms with Crippen molar-refractivity contribution in [3.63, 3.8) is 0 Å². The van der Waals surface area contributed by atoms with Crippen molar-refractivity contribution in [1.29, 1.82) is 0 Å². The van der Waals surface area contributed by atoms with Gasteiger partial charge in [-0.15, -0.1) is 0 Å². The van der Waals surface area contributed by atoms with E-state index in [2.05, 4.69) is 15.9 Å². The number of hydrogen-bond acceptors (Lipinski definition) is 3. The van der Waals surface area contributed by atoms with E-state index in [9.17, 15) is 13.2 Å². The molecule has 0 amide bonds. The molecule has 7 heteroatoms. The average Bonchev–Trinajstić information content (AvgIpc) is 2.24. The van der Waals surface area contributed by atoms with Crippen LogP contribution >= 0.6 is 27.7 Å². The second-order valence-corrected chi connectivity index (χ2v) is 6.15. The molecular formula is C12H15BrF3NOS. The number of rotatable bonds is 6. The van der Waals surface area contributed by atoms with E-state index >= 15 is 0 Å². The van der Waals surface area contributed by atoms with Crippen LogP contribution in [0.4, 0.5) is 13.2 Å². The van der Waals surface area contributed by atoms with Crippen molar-refractivity contribution in [3.05, 3.63) is 28.2 Å². The van der Waals surface area contributed by atoms with Gasteiger partial charge in [0, 0.05) is 16.3 Å². The van der Waals surface area contributed by atoms with Crippen LogP contribution in [0, 0.1) is 0 Å². The van der Waals surface area contributed by atoms with Crippen LogP contribution in [0.3, 0.4) is 0 Å². The lowest BCUT2D eigenvalue weighted by molar-refractivity contribution is -0.0329. The highest BCUT2D eigenvalue weighted by atomic mass is 79.9. The average molecular weight is 358 g/mol. The standard InChI is InChI=1S/C12H15BrF3NOS/c1-8(17)6-9-7-10(13)2-3-11(9)18-4-5-19-12(14,15)16/h2-3,7-8H,4-6,17H2,1H3. The molecule has 0 aliphatic rings. The fraction of sp³-hybridized carbons (Fsp3) is 0.500. The number of halogens is 4. The monoisotopic (exact) mass is 357 g/mol. The van der Waals surface area contributed by atoms with Crippen molar-refractivity contribution in [3.8, 4) is 5.75 Å². The van der Waals surface area contributed by atoms with Gasteiger partial charge in [-0.2, -0.15) is 13.2 Å². The Hall–Kier alpha value is -0.400. The summed E-state index contributed by atoms with van der Waals surface area (Å²) in [5.74, 6) is 0.459. The molecule has 1 rings (SSSR count). The summed E-state index contributed by atoms with van der Waals surface area (Å²) in [5.41, 5.74) is 2.41. The van der Waals surface area contributed by atoms with E-state index in [-0.39, 0.29) is 30.2 Å². The van der Waals surface area contributed by atoms with Gasteiger partial charge < -0.3 is 10.5 Å². The summed E-state index contributed by atoms with van der Waals surface area (Å²) in [7, 11) is 0. The number of alkyl halides is 3. The molecule has 0 aliphatic carbocycles. The Labute approximate surface area is 123 Å². The Bertz CT molecular complexity index is 412. The maximum absolute atomic E-state index is 12.0. The van der Waals surface area contributed by atoms with Crippen molar-refractivity contribution >= 4 is 27.7 Å². The van der Waals surface area contributed by atoms with Gasteiger partial charge in [-0.3, -0.25) is 0 Å². The third-order valence-corrected chi connectivity index (χ3v) is 3.36. The predicted octanol–water partition coefficient (Wildman–Crippen LogP) is 3.97. The molecule has 1 aromatic carbocycles. The second kappa shape index (κ2) is 7.40. The summed E-state index contributed by atoms with van der Waals surface area (Å²) < 4.78 is 42.2. The molecule has 0 aromatic heterocycles. The summed E-state index contributed by atoms with van der Waals surface area (Å²) in [5, 5.41) is 0. The Morgan fingerprint density at radius 2 is 2.11 bits per heavy atom. The first-order valence-corrected chi connectivity index (χ1v) is 7.43. The van der Waals surface area contributed by atoms with Crippen molar-refractivity contribution in [2.75, 3.05) is 12.4 Å². The smallest absolute Gasteiger partial charge is 0.441 e. The molecule has 0 bridgehead atoms. The van der Waals surface area contributed by atoms with E-state index in [1.54, 1.807) is 12.1 Å². The van der Waals surface area contributed by atoms with Gasteiger partial charge in [0.05, 0.1) is 6.61 Å². The third kappa shape index (κ3) is 7.08. The van der Waals surface area contributed by atoms with Gasteiger partial charge >= 0.3 is 5.51 Å². The Kier molecular flexibility index (Phi) is 6.49. The largest absolute Gasteiger partial charge is 0.492 e. The quantitative estimate of drug-likeness (QED) is 0.782. The lowest BCUT2D eigenvalue weighted by Gasteiger charge is -2.14. The normalized spacial score (nSPS) is 13.4. The first kappa shape index (κ1) is 16.7. The number of hydrogen-bond donors (Lipinski definition) is 1. The molecule has 1 atom stereocenters. The van der Waals surface area contributed by atoms with E-state index in [1.807, 2.05) is 13.0 Å². The van der Waals surface area contributed by atoms with E-state index in [0.717, 1.165) is 10.0 Å². The Morgan fingerprint density at radius 3 is 2.68 bits per heavy atom. The Morgan fingerprint density at radius 1 is 1.42 bits per heavy atom.